The first-order valence-electron chi connectivity index (χ1n) is 8.57. The van der Waals surface area contributed by atoms with Crippen molar-refractivity contribution in [1.82, 2.24) is 0 Å². The Hall–Kier alpha value is -3.66. The number of aromatic carboxylic acids is 1. The average molecular weight is 422 g/mol. The molecule has 10 heteroatoms. The molecule has 0 amide bonds. The number of aromatic hydroxyl groups is 1. The number of rotatable bonds is 10. The van der Waals surface area contributed by atoms with Gasteiger partial charge in [0.1, 0.15) is 0 Å². The standard InChI is InChI=1S/C20H22O10/c1-26-12-5-10(6-13(27-2)18(12)23)17(22)16(9-21)30-19-14(28-3)7-11(20(24)25)8-15(19)29-4/h5-8,16,21,23H,9H2,1-4H3,(H,24,25)/t16-/m1/s1. The summed E-state index contributed by atoms with van der Waals surface area (Å²) in [5.74, 6) is -2.22. The highest BCUT2D eigenvalue weighted by Gasteiger charge is 2.28. The predicted octanol–water partition coefficient (Wildman–Crippen LogP) is 1.75. The number of carboxylic acids is 1. The molecule has 1 atom stereocenters. The Kier molecular flexibility index (Phi) is 7.32. The van der Waals surface area contributed by atoms with E-state index in [9.17, 15) is 24.9 Å². The number of aliphatic hydroxyl groups excluding tert-OH is 1. The molecule has 30 heavy (non-hydrogen) atoms. The number of hydrogen-bond acceptors (Lipinski definition) is 9. The molecule has 0 aliphatic rings. The lowest BCUT2D eigenvalue weighted by Crippen LogP contribution is -2.31. The van der Waals surface area contributed by atoms with Crippen LogP contribution in [0.25, 0.3) is 0 Å². The fourth-order valence-electron chi connectivity index (χ4n) is 2.66. The predicted molar refractivity (Wildman–Crippen MR) is 104 cm³/mol. The number of ether oxygens (including phenoxy) is 5. The highest BCUT2D eigenvalue weighted by Crippen LogP contribution is 2.40. The largest absolute Gasteiger partial charge is 0.502 e. The number of carbonyl (C=O) groups excluding carboxylic acids is 1. The third-order valence-electron chi connectivity index (χ3n) is 4.19. The van der Waals surface area contributed by atoms with Crippen LogP contribution in [0.5, 0.6) is 34.5 Å². The van der Waals surface area contributed by atoms with Gasteiger partial charge in [-0.15, -0.1) is 0 Å². The van der Waals surface area contributed by atoms with Crippen LogP contribution < -0.4 is 23.7 Å². The van der Waals surface area contributed by atoms with Gasteiger partial charge in [0.2, 0.25) is 17.3 Å². The van der Waals surface area contributed by atoms with Gasteiger partial charge >= 0.3 is 5.97 Å². The Labute approximate surface area is 172 Å². The van der Waals surface area contributed by atoms with E-state index in [0.29, 0.717) is 0 Å². The summed E-state index contributed by atoms with van der Waals surface area (Å²) in [6.07, 6.45) is -1.40. The molecule has 0 aliphatic carbocycles. The van der Waals surface area contributed by atoms with Crippen LogP contribution in [-0.2, 0) is 0 Å². The number of ketones is 1. The Morgan fingerprint density at radius 2 is 1.27 bits per heavy atom. The van der Waals surface area contributed by atoms with Gasteiger partial charge in [-0.1, -0.05) is 0 Å². The van der Waals surface area contributed by atoms with Crippen molar-refractivity contribution in [2.24, 2.45) is 0 Å². The second-order valence-corrected chi connectivity index (χ2v) is 5.90. The minimum Gasteiger partial charge on any atom is -0.502 e. The fourth-order valence-corrected chi connectivity index (χ4v) is 2.66. The summed E-state index contributed by atoms with van der Waals surface area (Å²) in [6, 6.07) is 4.94. The third kappa shape index (κ3) is 4.49. The van der Waals surface area contributed by atoms with Gasteiger partial charge in [-0.2, -0.15) is 0 Å². The molecule has 0 unspecified atom stereocenters. The van der Waals surface area contributed by atoms with Gasteiger partial charge in [0, 0.05) is 5.56 Å². The van der Waals surface area contributed by atoms with Crippen molar-refractivity contribution in [3.63, 3.8) is 0 Å². The van der Waals surface area contributed by atoms with E-state index in [1.54, 1.807) is 0 Å². The maximum atomic E-state index is 12.9. The van der Waals surface area contributed by atoms with E-state index in [1.807, 2.05) is 0 Å². The first-order chi connectivity index (χ1) is 14.3. The molecule has 0 bridgehead atoms. The molecule has 0 fully saturated rings. The maximum Gasteiger partial charge on any atom is 0.335 e. The van der Waals surface area contributed by atoms with Crippen molar-refractivity contribution >= 4 is 11.8 Å². The van der Waals surface area contributed by atoms with Gasteiger partial charge in [-0.3, -0.25) is 4.79 Å². The van der Waals surface area contributed by atoms with E-state index in [0.717, 1.165) is 0 Å². The minimum absolute atomic E-state index is 0.00105. The number of carboxylic acid groups (broad SMARTS) is 1. The Balaban J connectivity index is 2.47. The van der Waals surface area contributed by atoms with Crippen LogP contribution in [0.4, 0.5) is 0 Å². The number of aliphatic hydroxyl groups is 1. The zero-order valence-electron chi connectivity index (χ0n) is 16.8. The van der Waals surface area contributed by atoms with Gasteiger partial charge in [0.05, 0.1) is 40.6 Å². The average Bonchev–Trinajstić information content (AvgIpc) is 2.76. The quantitative estimate of drug-likeness (QED) is 0.485. The number of phenols is 1. The number of Topliss-reactive ketones (excluding diaryl/α,β-unsaturated/α-hetero) is 1. The molecule has 0 spiro atoms. The second-order valence-electron chi connectivity index (χ2n) is 5.90. The van der Waals surface area contributed by atoms with Crippen molar-refractivity contribution in [1.29, 1.82) is 0 Å². The first-order valence-corrected chi connectivity index (χ1v) is 8.57. The van der Waals surface area contributed by atoms with Gasteiger partial charge in [0.15, 0.2) is 29.1 Å². The molecule has 0 aromatic heterocycles. The lowest BCUT2D eigenvalue weighted by Gasteiger charge is -2.21. The summed E-state index contributed by atoms with van der Waals surface area (Å²) in [5.41, 5.74) is -0.0726. The third-order valence-corrected chi connectivity index (χ3v) is 4.19. The lowest BCUT2D eigenvalue weighted by molar-refractivity contribution is 0.0638. The van der Waals surface area contributed by atoms with Crippen LogP contribution in [0, 0.1) is 0 Å². The molecule has 2 rings (SSSR count). The number of hydrogen-bond donors (Lipinski definition) is 3. The van der Waals surface area contributed by atoms with E-state index in [1.165, 1.54) is 52.7 Å². The zero-order valence-corrected chi connectivity index (χ0v) is 16.8. The molecule has 10 nitrogen and oxygen atoms in total. The fraction of sp³-hybridized carbons (Fsp3) is 0.300. The summed E-state index contributed by atoms with van der Waals surface area (Å²) in [5, 5.41) is 29.0. The number of benzene rings is 2. The van der Waals surface area contributed by atoms with Crippen molar-refractivity contribution in [3.8, 4) is 34.5 Å². The molecule has 0 saturated carbocycles. The van der Waals surface area contributed by atoms with Crippen molar-refractivity contribution in [2.75, 3.05) is 35.0 Å². The van der Waals surface area contributed by atoms with Crippen molar-refractivity contribution in [2.45, 2.75) is 6.10 Å². The van der Waals surface area contributed by atoms with Crippen molar-refractivity contribution < 1.29 is 48.6 Å². The van der Waals surface area contributed by atoms with Crippen LogP contribution in [0.15, 0.2) is 24.3 Å². The zero-order chi connectivity index (χ0) is 22.4. The highest BCUT2D eigenvalue weighted by atomic mass is 16.6. The molecule has 2 aromatic carbocycles. The van der Waals surface area contributed by atoms with Gasteiger partial charge in [-0.25, -0.2) is 4.79 Å². The minimum atomic E-state index is -1.40. The monoisotopic (exact) mass is 422 g/mol. The van der Waals surface area contributed by atoms with Crippen LogP contribution >= 0.6 is 0 Å². The summed E-state index contributed by atoms with van der Waals surface area (Å²) in [4.78, 5) is 24.2. The topological polar surface area (TPSA) is 141 Å². The maximum absolute atomic E-state index is 12.9. The number of phenolic OH excluding ortho intramolecular Hbond substituents is 1. The second kappa shape index (κ2) is 9.70. The Morgan fingerprint density at radius 1 is 0.833 bits per heavy atom. The van der Waals surface area contributed by atoms with Gasteiger partial charge in [0.25, 0.3) is 0 Å². The molecule has 3 N–H and O–H groups in total. The normalized spacial score (nSPS) is 11.4. The van der Waals surface area contributed by atoms with Crippen LogP contribution in [0.2, 0.25) is 0 Å². The van der Waals surface area contributed by atoms with E-state index in [4.69, 9.17) is 23.7 Å². The van der Waals surface area contributed by atoms with Gasteiger partial charge in [-0.05, 0) is 24.3 Å². The molecule has 0 radical (unpaired) electrons. The van der Waals surface area contributed by atoms with E-state index < -0.39 is 24.5 Å². The van der Waals surface area contributed by atoms with Crippen molar-refractivity contribution in [3.05, 3.63) is 35.4 Å². The van der Waals surface area contributed by atoms with Crippen LogP contribution in [0.3, 0.4) is 0 Å². The van der Waals surface area contributed by atoms with E-state index in [2.05, 4.69) is 0 Å². The molecular weight excluding hydrogens is 400 g/mol. The number of methoxy groups -OCH3 is 4. The first kappa shape index (κ1) is 22.6. The Morgan fingerprint density at radius 3 is 1.63 bits per heavy atom. The molecule has 2 aromatic rings. The van der Waals surface area contributed by atoms with E-state index in [-0.39, 0.29) is 45.6 Å². The van der Waals surface area contributed by atoms with Crippen LogP contribution in [0.1, 0.15) is 20.7 Å². The summed E-state index contributed by atoms with van der Waals surface area (Å²) >= 11 is 0. The summed E-state index contributed by atoms with van der Waals surface area (Å²) in [6.45, 7) is -0.711. The number of carbonyl (C=O) groups is 2. The highest BCUT2D eigenvalue weighted by molar-refractivity contribution is 6.01. The van der Waals surface area contributed by atoms with E-state index >= 15 is 0 Å². The lowest BCUT2D eigenvalue weighted by atomic mass is 10.0. The molecule has 0 aliphatic heterocycles. The summed E-state index contributed by atoms with van der Waals surface area (Å²) in [7, 11) is 5.20. The smallest absolute Gasteiger partial charge is 0.335 e. The molecular formula is C20H22O10. The molecule has 0 heterocycles. The molecule has 162 valence electrons. The SMILES string of the molecule is COc1cc(C(=O)[C@@H](CO)Oc2c(OC)cc(C(=O)O)cc2OC)cc(OC)c1O. The molecule has 0 saturated heterocycles. The van der Waals surface area contributed by atoms with Gasteiger partial charge < -0.3 is 39.0 Å². The Bertz CT molecular complexity index is 887. The van der Waals surface area contributed by atoms with Crippen LogP contribution in [-0.4, -0.2) is 68.2 Å². The summed E-state index contributed by atoms with van der Waals surface area (Å²) < 4.78 is 26.1.